The van der Waals surface area contributed by atoms with Gasteiger partial charge in [-0.3, -0.25) is 9.78 Å². The Labute approximate surface area is 165 Å². The molecule has 0 aliphatic heterocycles. The molecule has 3 aromatic rings. The van der Waals surface area contributed by atoms with Crippen molar-refractivity contribution in [1.29, 1.82) is 0 Å². The van der Waals surface area contributed by atoms with E-state index >= 15 is 0 Å². The van der Waals surface area contributed by atoms with Gasteiger partial charge in [-0.15, -0.1) is 0 Å². The van der Waals surface area contributed by atoms with Crippen molar-refractivity contribution in [2.45, 2.75) is 19.3 Å². The minimum absolute atomic E-state index is 0.102. The van der Waals surface area contributed by atoms with Gasteiger partial charge < -0.3 is 4.74 Å². The summed E-state index contributed by atoms with van der Waals surface area (Å²) in [6.45, 7) is 4.27. The number of pyridine rings is 1. The third-order valence-corrected chi connectivity index (χ3v) is 4.55. The molecule has 0 fully saturated rings. The zero-order valence-electron chi connectivity index (χ0n) is 16.0. The lowest BCUT2D eigenvalue weighted by atomic mass is 9.78. The van der Waals surface area contributed by atoms with Crippen LogP contribution in [0.3, 0.4) is 0 Å². The fourth-order valence-corrected chi connectivity index (χ4v) is 2.80. The van der Waals surface area contributed by atoms with Gasteiger partial charge in [-0.25, -0.2) is 5.43 Å². The van der Waals surface area contributed by atoms with Crippen molar-refractivity contribution < 1.29 is 9.53 Å². The minimum atomic E-state index is -0.320. The Balaban J connectivity index is 1.53. The molecule has 1 N–H and O–H groups in total. The van der Waals surface area contributed by atoms with Gasteiger partial charge in [0.25, 0.3) is 5.91 Å². The van der Waals surface area contributed by atoms with E-state index in [4.69, 9.17) is 4.74 Å². The highest BCUT2D eigenvalue weighted by Crippen LogP contribution is 2.32. The minimum Gasteiger partial charge on any atom is -0.484 e. The maximum absolute atomic E-state index is 11.9. The van der Waals surface area contributed by atoms with Crippen LogP contribution in [0.2, 0.25) is 0 Å². The predicted octanol–water partition coefficient (Wildman–Crippen LogP) is 3.94. The second-order valence-corrected chi connectivity index (χ2v) is 6.88. The predicted molar refractivity (Wildman–Crippen MR) is 110 cm³/mol. The van der Waals surface area contributed by atoms with Crippen molar-refractivity contribution in [2.24, 2.45) is 5.10 Å². The molecule has 2 aromatic carbocycles. The van der Waals surface area contributed by atoms with Gasteiger partial charge in [-0.2, -0.15) is 5.10 Å². The number of nitrogens with zero attached hydrogens (tertiary/aromatic N) is 2. The van der Waals surface area contributed by atoms with Crippen LogP contribution in [0.4, 0.5) is 0 Å². The molecule has 0 saturated heterocycles. The van der Waals surface area contributed by atoms with Crippen LogP contribution in [-0.4, -0.2) is 23.7 Å². The molecule has 0 atom stereocenters. The quantitative estimate of drug-likeness (QED) is 0.504. The molecule has 0 unspecified atom stereocenters. The number of rotatable bonds is 7. The fraction of sp³-hybridized carbons (Fsp3) is 0.174. The van der Waals surface area contributed by atoms with E-state index in [0.29, 0.717) is 5.75 Å². The first-order valence-corrected chi connectivity index (χ1v) is 9.06. The van der Waals surface area contributed by atoms with E-state index in [0.717, 1.165) is 5.56 Å². The van der Waals surface area contributed by atoms with Crippen molar-refractivity contribution in [3.63, 3.8) is 0 Å². The van der Waals surface area contributed by atoms with E-state index in [1.807, 2.05) is 42.5 Å². The van der Waals surface area contributed by atoms with Crippen LogP contribution < -0.4 is 10.2 Å². The third-order valence-electron chi connectivity index (χ3n) is 4.55. The average Bonchev–Trinajstić information content (AvgIpc) is 2.74. The molecule has 3 rings (SSSR count). The summed E-state index contributed by atoms with van der Waals surface area (Å²) in [5.41, 5.74) is 5.61. The van der Waals surface area contributed by atoms with Crippen molar-refractivity contribution in [1.82, 2.24) is 10.4 Å². The molecule has 0 saturated carbocycles. The summed E-state index contributed by atoms with van der Waals surface area (Å²) < 4.78 is 5.55. The van der Waals surface area contributed by atoms with E-state index in [9.17, 15) is 4.79 Å². The number of carbonyl (C=O) groups is 1. The summed E-state index contributed by atoms with van der Waals surface area (Å²) in [5.74, 6) is 0.319. The number of carbonyl (C=O) groups excluding carboxylic acids is 1. The SMILES string of the molecule is CC(C)(c1ccccc1)c1ccc(OCC(=O)NN=Cc2ccncc2)cc1. The van der Waals surface area contributed by atoms with Gasteiger partial charge in [0.1, 0.15) is 5.75 Å². The smallest absolute Gasteiger partial charge is 0.277 e. The maximum atomic E-state index is 11.9. The van der Waals surface area contributed by atoms with Gasteiger partial charge >= 0.3 is 0 Å². The molecule has 0 radical (unpaired) electrons. The summed E-state index contributed by atoms with van der Waals surface area (Å²) in [4.78, 5) is 15.8. The molecule has 0 bridgehead atoms. The number of hydrogen-bond acceptors (Lipinski definition) is 4. The van der Waals surface area contributed by atoms with Crippen molar-refractivity contribution in [3.05, 3.63) is 95.8 Å². The van der Waals surface area contributed by atoms with Gasteiger partial charge in [0, 0.05) is 17.8 Å². The molecule has 28 heavy (non-hydrogen) atoms. The van der Waals surface area contributed by atoms with Gasteiger partial charge in [0.2, 0.25) is 0 Å². The Morgan fingerprint density at radius 3 is 2.32 bits per heavy atom. The maximum Gasteiger partial charge on any atom is 0.277 e. The summed E-state index contributed by atoms with van der Waals surface area (Å²) in [5, 5.41) is 3.90. The molecule has 0 spiro atoms. The molecule has 142 valence electrons. The zero-order chi connectivity index (χ0) is 19.8. The highest BCUT2D eigenvalue weighted by molar-refractivity contribution is 5.82. The van der Waals surface area contributed by atoms with E-state index in [2.05, 4.69) is 41.5 Å². The standard InChI is InChI=1S/C23H23N3O2/c1-23(2,19-6-4-3-5-7-19)20-8-10-21(11-9-20)28-17-22(27)26-25-16-18-12-14-24-15-13-18/h3-16H,17H2,1-2H3,(H,26,27). The number of benzene rings is 2. The second kappa shape index (κ2) is 8.95. The topological polar surface area (TPSA) is 63.6 Å². The Hall–Kier alpha value is -3.47. The monoisotopic (exact) mass is 373 g/mol. The largest absolute Gasteiger partial charge is 0.484 e. The van der Waals surface area contributed by atoms with Crippen LogP contribution >= 0.6 is 0 Å². The number of nitrogens with one attached hydrogen (secondary N) is 1. The number of aromatic nitrogens is 1. The normalized spacial score (nSPS) is 11.4. The van der Waals surface area contributed by atoms with Crippen molar-refractivity contribution >= 4 is 12.1 Å². The lowest BCUT2D eigenvalue weighted by molar-refractivity contribution is -0.123. The highest BCUT2D eigenvalue weighted by atomic mass is 16.5. The first kappa shape index (κ1) is 19.3. The fourth-order valence-electron chi connectivity index (χ4n) is 2.80. The van der Waals surface area contributed by atoms with Crippen molar-refractivity contribution in [2.75, 3.05) is 6.61 Å². The summed E-state index contributed by atoms with van der Waals surface area (Å²) in [6, 6.07) is 21.8. The van der Waals surface area contributed by atoms with Gasteiger partial charge in [-0.1, -0.05) is 56.3 Å². The Bertz CT molecular complexity index is 921. The van der Waals surface area contributed by atoms with Crippen molar-refractivity contribution in [3.8, 4) is 5.75 Å². The van der Waals surface area contributed by atoms with Crippen LogP contribution in [0.15, 0.2) is 84.2 Å². The van der Waals surface area contributed by atoms with Gasteiger partial charge in [0.15, 0.2) is 6.61 Å². The molecule has 5 heteroatoms. The molecule has 5 nitrogen and oxygen atoms in total. The highest BCUT2D eigenvalue weighted by Gasteiger charge is 2.22. The second-order valence-electron chi connectivity index (χ2n) is 6.88. The number of ether oxygens (including phenoxy) is 1. The Kier molecular flexibility index (Phi) is 6.17. The van der Waals surface area contributed by atoms with Gasteiger partial charge in [0.05, 0.1) is 6.21 Å². The average molecular weight is 373 g/mol. The van der Waals surface area contributed by atoms with Crippen LogP contribution in [0.1, 0.15) is 30.5 Å². The zero-order valence-corrected chi connectivity index (χ0v) is 16.0. The first-order valence-electron chi connectivity index (χ1n) is 9.06. The van der Waals surface area contributed by atoms with Crippen LogP contribution in [0.5, 0.6) is 5.75 Å². The van der Waals surface area contributed by atoms with E-state index in [1.165, 1.54) is 11.1 Å². The third kappa shape index (κ3) is 5.04. The van der Waals surface area contributed by atoms with E-state index < -0.39 is 0 Å². The lowest BCUT2D eigenvalue weighted by Crippen LogP contribution is -2.24. The number of hydrogen-bond donors (Lipinski definition) is 1. The molecule has 1 aromatic heterocycles. The molecule has 0 aliphatic rings. The van der Waals surface area contributed by atoms with Crippen LogP contribution in [0.25, 0.3) is 0 Å². The lowest BCUT2D eigenvalue weighted by Gasteiger charge is -2.26. The Morgan fingerprint density at radius 1 is 1.00 bits per heavy atom. The van der Waals surface area contributed by atoms with Crippen LogP contribution in [-0.2, 0) is 10.2 Å². The molecule has 1 heterocycles. The molecular formula is C23H23N3O2. The number of hydrazone groups is 1. The molecule has 1 amide bonds. The summed E-state index contributed by atoms with van der Waals surface area (Å²) >= 11 is 0. The summed E-state index contributed by atoms with van der Waals surface area (Å²) in [6.07, 6.45) is 4.88. The summed E-state index contributed by atoms with van der Waals surface area (Å²) in [7, 11) is 0. The number of amides is 1. The van der Waals surface area contributed by atoms with E-state index in [-0.39, 0.29) is 17.9 Å². The molecule has 0 aliphatic carbocycles. The van der Waals surface area contributed by atoms with E-state index in [1.54, 1.807) is 30.7 Å². The van der Waals surface area contributed by atoms with Gasteiger partial charge in [-0.05, 0) is 41.0 Å². The van der Waals surface area contributed by atoms with Crippen LogP contribution in [0, 0.1) is 0 Å². The molecular weight excluding hydrogens is 350 g/mol. The Morgan fingerprint density at radius 2 is 1.64 bits per heavy atom. The first-order chi connectivity index (χ1) is 13.6.